The Morgan fingerprint density at radius 2 is 1.85 bits per heavy atom. The highest BCUT2D eigenvalue weighted by Crippen LogP contribution is 2.18. The van der Waals surface area contributed by atoms with Crippen molar-refractivity contribution in [3.8, 4) is 5.75 Å². The van der Waals surface area contributed by atoms with Gasteiger partial charge in [0.2, 0.25) is 0 Å². The van der Waals surface area contributed by atoms with Crippen LogP contribution in [0.4, 0.5) is 0 Å². The molecule has 0 atom stereocenters. The van der Waals surface area contributed by atoms with Gasteiger partial charge in [-0.25, -0.2) is 0 Å². The number of nitrogens with zero attached hydrogens (tertiary/aromatic N) is 1. The fraction of sp³-hybridized carbons (Fsp3) is 0.647. The average Bonchev–Trinajstić information content (AvgIpc) is 2.37. The zero-order chi connectivity index (χ0) is 15.0. The van der Waals surface area contributed by atoms with Gasteiger partial charge in [-0.1, -0.05) is 39.0 Å². The van der Waals surface area contributed by atoms with E-state index in [-0.39, 0.29) is 0 Å². The maximum absolute atomic E-state index is 5.38. The van der Waals surface area contributed by atoms with Crippen LogP contribution in [-0.2, 0) is 6.54 Å². The minimum atomic E-state index is 0.413. The predicted molar refractivity (Wildman–Crippen MR) is 86.3 cm³/mol. The van der Waals surface area contributed by atoms with Crippen LogP contribution >= 0.6 is 0 Å². The smallest absolute Gasteiger partial charge is 0.123 e. The molecule has 0 unspecified atom stereocenters. The average molecular weight is 278 g/mol. The number of ether oxygens (including phenoxy) is 1. The van der Waals surface area contributed by atoms with Gasteiger partial charge < -0.3 is 15.0 Å². The highest BCUT2D eigenvalue weighted by Gasteiger charge is 2.09. The molecule has 3 nitrogen and oxygen atoms in total. The van der Waals surface area contributed by atoms with E-state index >= 15 is 0 Å². The maximum atomic E-state index is 5.38. The molecule has 0 bridgehead atoms. The summed E-state index contributed by atoms with van der Waals surface area (Å²) in [6.45, 7) is 10.9. The molecule has 114 valence electrons. The van der Waals surface area contributed by atoms with Crippen molar-refractivity contribution in [1.82, 2.24) is 10.2 Å². The summed E-state index contributed by atoms with van der Waals surface area (Å²) < 4.78 is 5.38. The van der Waals surface area contributed by atoms with E-state index in [4.69, 9.17) is 4.74 Å². The lowest BCUT2D eigenvalue weighted by molar-refractivity contribution is 0.308. The van der Waals surface area contributed by atoms with E-state index in [1.165, 1.54) is 12.0 Å². The molecular formula is C17H30N2O. The van der Waals surface area contributed by atoms with Gasteiger partial charge in [0.15, 0.2) is 0 Å². The number of rotatable bonds is 8. The molecule has 1 aromatic rings. The normalized spacial score (nSPS) is 11.9. The van der Waals surface area contributed by atoms with Crippen molar-refractivity contribution in [2.75, 3.05) is 33.8 Å². The third-order valence-corrected chi connectivity index (χ3v) is 3.35. The number of hydrogen-bond acceptors (Lipinski definition) is 3. The van der Waals surface area contributed by atoms with Crippen LogP contribution in [0.3, 0.4) is 0 Å². The summed E-state index contributed by atoms with van der Waals surface area (Å²) >= 11 is 0. The first-order valence-electron chi connectivity index (χ1n) is 7.43. The zero-order valence-electron chi connectivity index (χ0n) is 13.7. The molecule has 1 N–H and O–H groups in total. The second-order valence-electron chi connectivity index (χ2n) is 6.61. The second-order valence-corrected chi connectivity index (χ2v) is 6.61. The SMILES string of the molecule is COc1ccccc1CN(C)CCNCCC(C)(C)C. The summed E-state index contributed by atoms with van der Waals surface area (Å²) in [6, 6.07) is 8.22. The molecular weight excluding hydrogens is 248 g/mol. The van der Waals surface area contributed by atoms with Gasteiger partial charge >= 0.3 is 0 Å². The van der Waals surface area contributed by atoms with Crippen LogP contribution in [-0.4, -0.2) is 38.7 Å². The van der Waals surface area contributed by atoms with Crippen molar-refractivity contribution >= 4 is 0 Å². The third-order valence-electron chi connectivity index (χ3n) is 3.35. The number of hydrogen-bond donors (Lipinski definition) is 1. The zero-order valence-corrected chi connectivity index (χ0v) is 13.7. The Kier molecular flexibility index (Phi) is 7.03. The Labute approximate surface area is 124 Å². The Balaban J connectivity index is 2.25. The molecule has 0 amide bonds. The number of likely N-dealkylation sites (N-methyl/N-ethyl adjacent to an activating group) is 1. The van der Waals surface area contributed by atoms with E-state index < -0.39 is 0 Å². The Hall–Kier alpha value is -1.06. The molecule has 20 heavy (non-hydrogen) atoms. The van der Waals surface area contributed by atoms with E-state index in [2.05, 4.69) is 50.2 Å². The first kappa shape index (κ1) is 17.0. The van der Waals surface area contributed by atoms with Crippen LogP contribution in [0.5, 0.6) is 5.75 Å². The van der Waals surface area contributed by atoms with Crippen molar-refractivity contribution in [2.24, 2.45) is 5.41 Å². The van der Waals surface area contributed by atoms with Gasteiger partial charge in [-0.3, -0.25) is 0 Å². The summed E-state index contributed by atoms with van der Waals surface area (Å²) in [6.07, 6.45) is 1.21. The summed E-state index contributed by atoms with van der Waals surface area (Å²) in [7, 11) is 3.88. The van der Waals surface area contributed by atoms with E-state index in [9.17, 15) is 0 Å². The predicted octanol–water partition coefficient (Wildman–Crippen LogP) is 3.15. The molecule has 0 aliphatic carbocycles. The molecule has 0 aromatic heterocycles. The number of nitrogens with one attached hydrogen (secondary N) is 1. The van der Waals surface area contributed by atoms with Crippen LogP contribution in [0.25, 0.3) is 0 Å². The van der Waals surface area contributed by atoms with Gasteiger partial charge in [0.25, 0.3) is 0 Å². The summed E-state index contributed by atoms with van der Waals surface area (Å²) in [4.78, 5) is 2.32. The third kappa shape index (κ3) is 6.92. The number of methoxy groups -OCH3 is 1. The Bertz CT molecular complexity index is 385. The Morgan fingerprint density at radius 3 is 2.50 bits per heavy atom. The van der Waals surface area contributed by atoms with Gasteiger partial charge in [0, 0.05) is 25.2 Å². The van der Waals surface area contributed by atoms with Crippen LogP contribution in [0, 0.1) is 5.41 Å². The molecule has 0 saturated heterocycles. The van der Waals surface area contributed by atoms with E-state index in [0.29, 0.717) is 5.41 Å². The molecule has 0 fully saturated rings. The van der Waals surface area contributed by atoms with Gasteiger partial charge in [-0.15, -0.1) is 0 Å². The van der Waals surface area contributed by atoms with Crippen LogP contribution in [0.2, 0.25) is 0 Å². The fourth-order valence-corrected chi connectivity index (χ4v) is 2.06. The highest BCUT2D eigenvalue weighted by atomic mass is 16.5. The van der Waals surface area contributed by atoms with Crippen molar-refractivity contribution in [2.45, 2.75) is 33.7 Å². The van der Waals surface area contributed by atoms with Gasteiger partial charge in [0.1, 0.15) is 5.75 Å². The lowest BCUT2D eigenvalue weighted by atomic mass is 9.92. The summed E-state index contributed by atoms with van der Waals surface area (Å²) in [5.74, 6) is 0.972. The number of para-hydroxylation sites is 1. The van der Waals surface area contributed by atoms with Gasteiger partial charge in [-0.2, -0.15) is 0 Å². The summed E-state index contributed by atoms with van der Waals surface area (Å²) in [5.41, 5.74) is 1.66. The van der Waals surface area contributed by atoms with Crippen LogP contribution in [0.1, 0.15) is 32.8 Å². The number of benzene rings is 1. The molecule has 0 saturated carbocycles. The minimum Gasteiger partial charge on any atom is -0.496 e. The molecule has 0 radical (unpaired) electrons. The maximum Gasteiger partial charge on any atom is 0.123 e. The molecule has 1 aromatic carbocycles. The first-order chi connectivity index (χ1) is 9.42. The van der Waals surface area contributed by atoms with Crippen molar-refractivity contribution in [1.29, 1.82) is 0 Å². The lowest BCUT2D eigenvalue weighted by Crippen LogP contribution is -2.30. The van der Waals surface area contributed by atoms with Crippen LogP contribution < -0.4 is 10.1 Å². The lowest BCUT2D eigenvalue weighted by Gasteiger charge is -2.20. The second kappa shape index (κ2) is 8.28. The van der Waals surface area contributed by atoms with E-state index in [0.717, 1.165) is 31.9 Å². The molecule has 1 rings (SSSR count). The standard InChI is InChI=1S/C17H30N2O/c1-17(2,3)10-11-18-12-13-19(4)14-15-8-6-7-9-16(15)20-5/h6-9,18H,10-14H2,1-5H3. The topological polar surface area (TPSA) is 24.5 Å². The quantitative estimate of drug-likeness (QED) is 0.739. The molecule has 0 aliphatic rings. The Morgan fingerprint density at radius 1 is 1.15 bits per heavy atom. The van der Waals surface area contributed by atoms with E-state index in [1.54, 1.807) is 7.11 Å². The molecule has 3 heteroatoms. The molecule has 0 heterocycles. The molecule has 0 aliphatic heterocycles. The van der Waals surface area contributed by atoms with Gasteiger partial charge in [0.05, 0.1) is 7.11 Å². The van der Waals surface area contributed by atoms with Crippen molar-refractivity contribution < 1.29 is 4.74 Å². The minimum absolute atomic E-state index is 0.413. The highest BCUT2D eigenvalue weighted by molar-refractivity contribution is 5.32. The van der Waals surface area contributed by atoms with Crippen LogP contribution in [0.15, 0.2) is 24.3 Å². The largest absolute Gasteiger partial charge is 0.496 e. The molecule has 0 spiro atoms. The fourth-order valence-electron chi connectivity index (χ4n) is 2.06. The van der Waals surface area contributed by atoms with Crippen molar-refractivity contribution in [3.05, 3.63) is 29.8 Å². The monoisotopic (exact) mass is 278 g/mol. The van der Waals surface area contributed by atoms with Gasteiger partial charge in [-0.05, 0) is 31.5 Å². The summed E-state index contributed by atoms with van der Waals surface area (Å²) in [5, 5.41) is 3.51. The van der Waals surface area contributed by atoms with E-state index in [1.807, 2.05) is 12.1 Å². The van der Waals surface area contributed by atoms with Crippen molar-refractivity contribution in [3.63, 3.8) is 0 Å². The first-order valence-corrected chi connectivity index (χ1v) is 7.43.